The van der Waals surface area contributed by atoms with Crippen molar-refractivity contribution in [2.75, 3.05) is 0 Å². The lowest BCUT2D eigenvalue weighted by atomic mass is 10.0. The van der Waals surface area contributed by atoms with Crippen LogP contribution in [0, 0.1) is 5.92 Å². The summed E-state index contributed by atoms with van der Waals surface area (Å²) in [6, 6.07) is -1.18. The topological polar surface area (TPSA) is 75.6 Å². The van der Waals surface area contributed by atoms with Crippen LogP contribution in [0.25, 0.3) is 0 Å². The number of nitrogens with one attached hydrogen (secondary N) is 1. The predicted molar refractivity (Wildman–Crippen MR) is 60.2 cm³/mol. The first-order valence-electron chi connectivity index (χ1n) is 5.73. The lowest BCUT2D eigenvalue weighted by Crippen LogP contribution is -2.44. The summed E-state index contributed by atoms with van der Waals surface area (Å²) < 4.78 is 12.5. The number of carbonyl (C=O) groups is 2. The second kappa shape index (κ2) is 5.72. The van der Waals surface area contributed by atoms with Crippen LogP contribution in [0.1, 0.15) is 41.0 Å². The fraction of sp³-hybridized carbons (Fsp3) is 0.818. The molecule has 1 atom stereocenters. The van der Waals surface area contributed by atoms with Crippen LogP contribution < -0.4 is 5.31 Å². The number of aliphatic carboxylic acids is 1. The number of alkyl carbamates (subject to hydrolysis) is 1. The maximum atomic E-state index is 11.5. The van der Waals surface area contributed by atoms with Gasteiger partial charge in [-0.3, -0.25) is 0 Å². The number of carboxylic acids is 1. The Bertz CT molecular complexity index is 286. The number of amides is 1. The lowest BCUT2D eigenvalue weighted by molar-refractivity contribution is -0.139. The largest absolute Gasteiger partial charge is 0.480 e. The molecule has 0 fully saturated rings. The van der Waals surface area contributed by atoms with Gasteiger partial charge < -0.3 is 15.2 Å². The molecular weight excluding hydrogens is 210 g/mol. The quantitative estimate of drug-likeness (QED) is 0.777. The first-order chi connectivity index (χ1) is 7.54. The van der Waals surface area contributed by atoms with E-state index >= 15 is 0 Å². The number of rotatable bonds is 4. The number of ether oxygens (including phenoxy) is 1. The third kappa shape index (κ3) is 7.09. The van der Waals surface area contributed by atoms with Crippen molar-refractivity contribution in [1.29, 1.82) is 0 Å². The summed E-state index contributed by atoms with van der Waals surface area (Å²) in [5.74, 6) is -1.12. The average Bonchev–Trinajstić information content (AvgIpc) is 2.09. The summed E-state index contributed by atoms with van der Waals surface area (Å²) in [4.78, 5) is 22.5. The molecule has 0 aliphatic carbocycles. The van der Waals surface area contributed by atoms with Crippen molar-refractivity contribution < 1.29 is 20.8 Å². The van der Waals surface area contributed by atoms with Crippen molar-refractivity contribution in [3.63, 3.8) is 0 Å². The third-order valence-corrected chi connectivity index (χ3v) is 1.63. The summed E-state index contributed by atoms with van der Waals surface area (Å²) in [7, 11) is 0. The van der Waals surface area contributed by atoms with Gasteiger partial charge in [0.15, 0.2) is 1.41 Å². The molecule has 0 aromatic heterocycles. The van der Waals surface area contributed by atoms with Crippen LogP contribution >= 0.6 is 0 Å². The number of carbonyl (C=O) groups excluding carboxylic acids is 1. The molecule has 0 bridgehead atoms. The second-order valence-electron chi connectivity index (χ2n) is 5.09. The molecule has 0 spiro atoms. The van der Waals surface area contributed by atoms with Gasteiger partial charge in [-0.05, 0) is 33.1 Å². The van der Waals surface area contributed by atoms with Gasteiger partial charge >= 0.3 is 12.1 Å². The van der Waals surface area contributed by atoms with Gasteiger partial charge in [0.25, 0.3) is 0 Å². The van der Waals surface area contributed by atoms with E-state index in [1.54, 1.807) is 20.8 Å². The zero-order valence-corrected chi connectivity index (χ0v) is 10.5. The Labute approximate surface area is 97.6 Å². The van der Waals surface area contributed by atoms with Gasteiger partial charge in [-0.15, -0.1) is 0 Å². The van der Waals surface area contributed by atoms with Crippen molar-refractivity contribution in [2.45, 2.75) is 52.7 Å². The molecule has 0 rings (SSSR count). The molecule has 1 amide bonds. The summed E-state index contributed by atoms with van der Waals surface area (Å²) in [5.41, 5.74) is -0.739. The molecular formula is C11H21NO4. The van der Waals surface area contributed by atoms with Crippen LogP contribution in [0.2, 0.25) is 1.41 Å². The molecule has 94 valence electrons. The molecule has 5 nitrogen and oxygen atoms in total. The summed E-state index contributed by atoms with van der Waals surface area (Å²) in [5, 5.41) is 9.37. The Balaban J connectivity index is 4.67. The molecule has 0 radical (unpaired) electrons. The Hall–Kier alpha value is -1.26. The van der Waals surface area contributed by atoms with E-state index in [9.17, 15) is 9.59 Å². The fourth-order valence-corrected chi connectivity index (χ4v) is 1.07. The second-order valence-corrected chi connectivity index (χ2v) is 5.09. The number of carboxylic acid groups (broad SMARTS) is 1. The van der Waals surface area contributed by atoms with Crippen LogP contribution in [0.4, 0.5) is 4.79 Å². The Morgan fingerprint density at radius 2 is 1.94 bits per heavy atom. The van der Waals surface area contributed by atoms with Gasteiger partial charge in [0.05, 0.1) is 0 Å². The van der Waals surface area contributed by atoms with Crippen LogP contribution in [0.15, 0.2) is 0 Å². The molecule has 0 heterocycles. The van der Waals surface area contributed by atoms with E-state index in [0.717, 1.165) is 0 Å². The third-order valence-electron chi connectivity index (χ3n) is 1.63. The highest BCUT2D eigenvalue weighted by Crippen LogP contribution is 2.09. The van der Waals surface area contributed by atoms with Crippen LogP contribution in [-0.2, 0) is 9.53 Å². The average molecular weight is 232 g/mol. The highest BCUT2D eigenvalue weighted by Gasteiger charge is 2.24. The molecule has 0 aromatic rings. The Morgan fingerprint density at radius 3 is 2.25 bits per heavy atom. The molecule has 0 unspecified atom stereocenters. The molecule has 16 heavy (non-hydrogen) atoms. The van der Waals surface area contributed by atoms with Crippen LogP contribution in [-0.4, -0.2) is 28.8 Å². The van der Waals surface area contributed by atoms with E-state index in [1.165, 1.54) is 0 Å². The number of hydrogen-bond donors (Lipinski definition) is 2. The van der Waals surface area contributed by atoms with Crippen LogP contribution in [0.3, 0.4) is 0 Å². The van der Waals surface area contributed by atoms with Gasteiger partial charge in [-0.25, -0.2) is 9.59 Å². The van der Waals surface area contributed by atoms with E-state index in [1.807, 2.05) is 13.8 Å². The van der Waals surface area contributed by atoms with Crippen molar-refractivity contribution in [1.82, 2.24) is 5.31 Å². The molecule has 0 aliphatic rings. The molecule has 5 heteroatoms. The molecule has 0 saturated carbocycles. The minimum atomic E-state index is -1.19. The normalized spacial score (nSPS) is 14.2. The smallest absolute Gasteiger partial charge is 0.408 e. The fourth-order valence-electron chi connectivity index (χ4n) is 1.07. The van der Waals surface area contributed by atoms with Crippen molar-refractivity contribution in [3.05, 3.63) is 0 Å². The van der Waals surface area contributed by atoms with E-state index < -0.39 is 23.7 Å². The van der Waals surface area contributed by atoms with Gasteiger partial charge in [-0.2, -0.15) is 0 Å². The van der Waals surface area contributed by atoms with Crippen molar-refractivity contribution in [3.8, 4) is 0 Å². The number of hydrogen-bond acceptors (Lipinski definition) is 3. The predicted octanol–water partition coefficient (Wildman–Crippen LogP) is 2.01. The van der Waals surface area contributed by atoms with Gasteiger partial charge in [0, 0.05) is 0 Å². The summed E-state index contributed by atoms with van der Waals surface area (Å²) >= 11 is 0. The monoisotopic (exact) mass is 232 g/mol. The van der Waals surface area contributed by atoms with Gasteiger partial charge in [-0.1, -0.05) is 13.8 Å². The van der Waals surface area contributed by atoms with Gasteiger partial charge in [0.2, 0.25) is 0 Å². The van der Waals surface area contributed by atoms with E-state index in [2.05, 4.69) is 0 Å². The molecule has 0 saturated heterocycles. The van der Waals surface area contributed by atoms with E-state index in [0.29, 0.717) is 5.31 Å². The SMILES string of the molecule is [2H]N(C(=O)OC(C)(C)C)[C@@H](CC(C)C)C(=O)O. The first kappa shape index (κ1) is 12.8. The maximum absolute atomic E-state index is 11.5. The van der Waals surface area contributed by atoms with E-state index in [4.69, 9.17) is 11.3 Å². The summed E-state index contributed by atoms with van der Waals surface area (Å²) in [6.45, 7) is 8.66. The zero-order chi connectivity index (χ0) is 13.8. The van der Waals surface area contributed by atoms with Crippen molar-refractivity contribution >= 4 is 12.1 Å². The minimum absolute atomic E-state index is 0.0754. The Kier molecular flexibility index (Phi) is 4.58. The maximum Gasteiger partial charge on any atom is 0.408 e. The lowest BCUT2D eigenvalue weighted by Gasteiger charge is -2.22. The summed E-state index contributed by atoms with van der Waals surface area (Å²) in [6.07, 6.45) is -0.719. The highest BCUT2D eigenvalue weighted by molar-refractivity contribution is 5.79. The van der Waals surface area contributed by atoms with Gasteiger partial charge in [0.1, 0.15) is 11.6 Å². The molecule has 0 aromatic carbocycles. The molecule has 2 N–H and O–H groups in total. The van der Waals surface area contributed by atoms with E-state index in [-0.39, 0.29) is 12.3 Å². The first-order valence-corrected chi connectivity index (χ1v) is 5.28. The standard InChI is InChI=1S/C11H21NO4/c1-7(2)6-8(9(13)14)12-10(15)16-11(3,4)5/h7-8H,6H2,1-5H3,(H,12,15)(H,13,14)/t8-/m0/s1/i/hD. The minimum Gasteiger partial charge on any atom is -0.480 e. The zero-order valence-electron chi connectivity index (χ0n) is 11.5. The Morgan fingerprint density at radius 1 is 1.44 bits per heavy atom. The molecule has 0 aliphatic heterocycles. The van der Waals surface area contributed by atoms with Crippen molar-refractivity contribution in [2.24, 2.45) is 5.92 Å². The van der Waals surface area contributed by atoms with Crippen LogP contribution in [0.5, 0.6) is 0 Å². The highest BCUT2D eigenvalue weighted by atomic mass is 16.6.